The van der Waals surface area contributed by atoms with Crippen LogP contribution < -0.4 is 19.1 Å². The zero-order valence-corrected chi connectivity index (χ0v) is 17.5. The molecular weight excluding hydrogens is 380 g/mol. The van der Waals surface area contributed by atoms with Crippen LogP contribution in [0.2, 0.25) is 0 Å². The van der Waals surface area contributed by atoms with Crippen molar-refractivity contribution < 1.29 is 22.7 Å². The number of benzene rings is 2. The van der Waals surface area contributed by atoms with Gasteiger partial charge in [-0.05, 0) is 49.2 Å². The predicted octanol–water partition coefficient (Wildman–Crippen LogP) is 2.48. The number of carbonyl (C=O) groups excluding carboxylic acids is 1. The zero-order chi connectivity index (χ0) is 20.9. The Hall–Kier alpha value is -2.74. The minimum Gasteiger partial charge on any atom is -0.497 e. The highest BCUT2D eigenvalue weighted by Gasteiger charge is 2.31. The number of anilines is 1. The standard InChI is InChI=1S/C20H26N2O5S/c1-14-6-11-19(27-4)18(12-14)22(28(5,24)25)15(2)20(23)21-13-16-7-9-17(26-3)10-8-16/h6-12,15H,13H2,1-5H3,(H,21,23). The van der Waals surface area contributed by atoms with Crippen LogP contribution in [0.1, 0.15) is 18.1 Å². The minimum atomic E-state index is -3.73. The van der Waals surface area contributed by atoms with Crippen molar-refractivity contribution in [3.63, 3.8) is 0 Å². The molecule has 0 aliphatic rings. The normalized spacial score (nSPS) is 12.2. The van der Waals surface area contributed by atoms with Crippen LogP contribution in [0.3, 0.4) is 0 Å². The largest absolute Gasteiger partial charge is 0.497 e. The van der Waals surface area contributed by atoms with Gasteiger partial charge in [0.1, 0.15) is 17.5 Å². The maximum atomic E-state index is 12.7. The number of carbonyl (C=O) groups is 1. The number of amides is 1. The Bertz CT molecular complexity index is 926. The second-order valence-corrected chi connectivity index (χ2v) is 8.34. The number of hydrogen-bond acceptors (Lipinski definition) is 5. The number of aryl methyl sites for hydroxylation is 1. The molecule has 1 unspecified atom stereocenters. The first-order valence-corrected chi connectivity index (χ1v) is 10.6. The molecule has 1 amide bonds. The molecule has 0 aromatic heterocycles. The number of sulfonamides is 1. The van der Waals surface area contributed by atoms with Crippen molar-refractivity contribution in [1.29, 1.82) is 0 Å². The second-order valence-electron chi connectivity index (χ2n) is 6.48. The number of methoxy groups -OCH3 is 2. The van der Waals surface area contributed by atoms with Gasteiger partial charge in [0.05, 0.1) is 26.2 Å². The molecule has 0 saturated carbocycles. The fourth-order valence-electron chi connectivity index (χ4n) is 2.83. The summed E-state index contributed by atoms with van der Waals surface area (Å²) in [5, 5.41) is 2.78. The zero-order valence-electron chi connectivity index (χ0n) is 16.7. The van der Waals surface area contributed by atoms with Gasteiger partial charge in [-0.15, -0.1) is 0 Å². The third kappa shape index (κ3) is 5.16. The van der Waals surface area contributed by atoms with Crippen molar-refractivity contribution in [3.8, 4) is 11.5 Å². The molecular formula is C20H26N2O5S. The first kappa shape index (κ1) is 21.6. The van der Waals surface area contributed by atoms with Gasteiger partial charge < -0.3 is 14.8 Å². The summed E-state index contributed by atoms with van der Waals surface area (Å²) in [5.41, 5.74) is 2.06. The summed E-state index contributed by atoms with van der Waals surface area (Å²) in [6, 6.07) is 11.5. The summed E-state index contributed by atoms with van der Waals surface area (Å²) in [6.07, 6.45) is 1.07. The van der Waals surface area contributed by atoms with E-state index in [0.29, 0.717) is 11.4 Å². The molecule has 0 heterocycles. The quantitative estimate of drug-likeness (QED) is 0.728. The Morgan fingerprint density at radius 1 is 1.11 bits per heavy atom. The van der Waals surface area contributed by atoms with Gasteiger partial charge in [-0.3, -0.25) is 9.10 Å². The van der Waals surface area contributed by atoms with Crippen LogP contribution in [0.4, 0.5) is 5.69 Å². The smallest absolute Gasteiger partial charge is 0.243 e. The van der Waals surface area contributed by atoms with E-state index >= 15 is 0 Å². The van der Waals surface area contributed by atoms with Crippen LogP contribution in [0, 0.1) is 6.92 Å². The third-order valence-corrected chi connectivity index (χ3v) is 5.51. The topological polar surface area (TPSA) is 84.9 Å². The first-order chi connectivity index (χ1) is 13.2. The first-order valence-electron chi connectivity index (χ1n) is 8.72. The predicted molar refractivity (Wildman–Crippen MR) is 109 cm³/mol. The Kier molecular flexibility index (Phi) is 6.90. The van der Waals surface area contributed by atoms with Crippen molar-refractivity contribution in [2.75, 3.05) is 24.8 Å². The summed E-state index contributed by atoms with van der Waals surface area (Å²) in [6.45, 7) is 3.67. The van der Waals surface area contributed by atoms with E-state index in [4.69, 9.17) is 9.47 Å². The van der Waals surface area contributed by atoms with Gasteiger partial charge in [-0.2, -0.15) is 0 Å². The molecule has 0 spiro atoms. The van der Waals surface area contributed by atoms with Gasteiger partial charge in [0.25, 0.3) is 0 Å². The molecule has 0 aliphatic heterocycles. The van der Waals surface area contributed by atoms with Crippen molar-refractivity contribution in [1.82, 2.24) is 5.32 Å². The van der Waals surface area contributed by atoms with E-state index in [0.717, 1.165) is 27.4 Å². The summed E-state index contributed by atoms with van der Waals surface area (Å²) in [7, 11) is -0.685. The van der Waals surface area contributed by atoms with Gasteiger partial charge in [-0.25, -0.2) is 8.42 Å². The number of nitrogens with one attached hydrogen (secondary N) is 1. The van der Waals surface area contributed by atoms with Crippen molar-refractivity contribution in [2.45, 2.75) is 26.4 Å². The number of hydrogen-bond donors (Lipinski definition) is 1. The molecule has 7 nitrogen and oxygen atoms in total. The van der Waals surface area contributed by atoms with Crippen molar-refractivity contribution in [2.24, 2.45) is 0 Å². The highest BCUT2D eigenvalue weighted by molar-refractivity contribution is 7.92. The molecule has 8 heteroatoms. The highest BCUT2D eigenvalue weighted by Crippen LogP contribution is 2.32. The summed E-state index contributed by atoms with van der Waals surface area (Å²) in [4.78, 5) is 12.7. The number of nitrogens with zero attached hydrogens (tertiary/aromatic N) is 1. The Morgan fingerprint density at radius 2 is 1.75 bits per heavy atom. The molecule has 28 heavy (non-hydrogen) atoms. The van der Waals surface area contributed by atoms with Crippen LogP contribution in [0.25, 0.3) is 0 Å². The molecule has 1 N–H and O–H groups in total. The van der Waals surface area contributed by atoms with Crippen molar-refractivity contribution >= 4 is 21.6 Å². The van der Waals surface area contributed by atoms with E-state index in [9.17, 15) is 13.2 Å². The average molecular weight is 407 g/mol. The molecule has 0 bridgehead atoms. The lowest BCUT2D eigenvalue weighted by molar-refractivity contribution is -0.122. The third-order valence-electron chi connectivity index (χ3n) is 4.29. The molecule has 0 radical (unpaired) electrons. The van der Waals surface area contributed by atoms with Crippen LogP contribution in [0.5, 0.6) is 11.5 Å². The van der Waals surface area contributed by atoms with Crippen LogP contribution >= 0.6 is 0 Å². The van der Waals surface area contributed by atoms with E-state index in [-0.39, 0.29) is 6.54 Å². The molecule has 0 fully saturated rings. The van der Waals surface area contributed by atoms with Gasteiger partial charge >= 0.3 is 0 Å². The molecule has 2 aromatic carbocycles. The lowest BCUT2D eigenvalue weighted by atomic mass is 10.1. The fraction of sp³-hybridized carbons (Fsp3) is 0.350. The molecule has 0 saturated heterocycles. The monoisotopic (exact) mass is 406 g/mol. The van der Waals surface area contributed by atoms with Crippen LogP contribution in [0.15, 0.2) is 42.5 Å². The molecule has 2 rings (SSSR count). The average Bonchev–Trinajstić information content (AvgIpc) is 2.65. The highest BCUT2D eigenvalue weighted by atomic mass is 32.2. The molecule has 0 aliphatic carbocycles. The Morgan fingerprint density at radius 3 is 2.29 bits per heavy atom. The SMILES string of the molecule is COc1ccc(CNC(=O)C(C)N(c2cc(C)ccc2OC)S(C)(=O)=O)cc1. The second kappa shape index (κ2) is 8.97. The van der Waals surface area contributed by atoms with Crippen LogP contribution in [-0.2, 0) is 21.4 Å². The Labute approximate surface area is 166 Å². The van der Waals surface area contributed by atoms with E-state index < -0.39 is 22.0 Å². The van der Waals surface area contributed by atoms with E-state index in [1.165, 1.54) is 7.11 Å². The minimum absolute atomic E-state index is 0.274. The van der Waals surface area contributed by atoms with Gasteiger partial charge in [-0.1, -0.05) is 18.2 Å². The lowest BCUT2D eigenvalue weighted by Crippen LogP contribution is -2.47. The van der Waals surface area contributed by atoms with Gasteiger partial charge in [0, 0.05) is 6.54 Å². The Balaban J connectivity index is 2.24. The molecule has 2 aromatic rings. The van der Waals surface area contributed by atoms with Gasteiger partial charge in [0.2, 0.25) is 15.9 Å². The maximum Gasteiger partial charge on any atom is 0.243 e. The van der Waals surface area contributed by atoms with E-state index in [1.54, 1.807) is 38.3 Å². The summed E-state index contributed by atoms with van der Waals surface area (Å²) < 4.78 is 36.5. The number of rotatable bonds is 8. The van der Waals surface area contributed by atoms with Crippen LogP contribution in [-0.4, -0.2) is 40.8 Å². The van der Waals surface area contributed by atoms with Crippen molar-refractivity contribution in [3.05, 3.63) is 53.6 Å². The number of ether oxygens (including phenoxy) is 2. The fourth-order valence-corrected chi connectivity index (χ4v) is 4.00. The lowest BCUT2D eigenvalue weighted by Gasteiger charge is -2.29. The van der Waals surface area contributed by atoms with Gasteiger partial charge in [0.15, 0.2) is 0 Å². The summed E-state index contributed by atoms with van der Waals surface area (Å²) >= 11 is 0. The van der Waals surface area contributed by atoms with E-state index in [2.05, 4.69) is 5.32 Å². The maximum absolute atomic E-state index is 12.7. The summed E-state index contributed by atoms with van der Waals surface area (Å²) in [5.74, 6) is 0.689. The molecule has 1 atom stereocenters. The van der Waals surface area contributed by atoms with E-state index in [1.807, 2.05) is 25.1 Å². The molecule has 152 valence electrons.